The van der Waals surface area contributed by atoms with Gasteiger partial charge < -0.3 is 10.4 Å². The topological polar surface area (TPSA) is 67.2 Å². The van der Waals surface area contributed by atoms with Gasteiger partial charge in [0.25, 0.3) is 0 Å². The van der Waals surface area contributed by atoms with Crippen LogP contribution in [0.5, 0.6) is 5.75 Å². The van der Waals surface area contributed by atoms with Crippen LogP contribution in [0.4, 0.5) is 5.69 Å². The van der Waals surface area contributed by atoms with Crippen molar-refractivity contribution in [3.05, 3.63) is 41.7 Å². The Hall–Kier alpha value is -2.01. The first kappa shape index (κ1) is 11.5. The molecule has 0 aliphatic carbocycles. The molecule has 2 N–H and O–H groups in total. The summed E-state index contributed by atoms with van der Waals surface area (Å²) in [6, 6.07) is 6.26. The summed E-state index contributed by atoms with van der Waals surface area (Å²) in [4.78, 5) is 11.6. The van der Waals surface area contributed by atoms with E-state index in [0.717, 1.165) is 0 Å². The van der Waals surface area contributed by atoms with E-state index in [1.165, 1.54) is 16.8 Å². The molecule has 0 spiro atoms. The SMILES string of the molecule is O=C(Cn1cccn1)Nc1ccc(Cl)c(O)c1. The van der Waals surface area contributed by atoms with Crippen molar-refractivity contribution in [1.29, 1.82) is 0 Å². The molecule has 0 unspecified atom stereocenters. The normalized spacial score (nSPS) is 10.2. The Morgan fingerprint density at radius 1 is 1.53 bits per heavy atom. The van der Waals surface area contributed by atoms with E-state index in [1.54, 1.807) is 24.5 Å². The van der Waals surface area contributed by atoms with Crippen LogP contribution in [0.1, 0.15) is 0 Å². The van der Waals surface area contributed by atoms with E-state index in [-0.39, 0.29) is 23.2 Å². The standard InChI is InChI=1S/C11H10ClN3O2/c12-9-3-2-8(6-10(9)16)14-11(17)7-15-5-1-4-13-15/h1-6,16H,7H2,(H,14,17). The number of hydrogen-bond donors (Lipinski definition) is 2. The molecule has 6 heteroatoms. The van der Waals surface area contributed by atoms with Crippen molar-refractivity contribution in [2.75, 3.05) is 5.32 Å². The molecule has 17 heavy (non-hydrogen) atoms. The van der Waals surface area contributed by atoms with E-state index in [4.69, 9.17) is 11.6 Å². The van der Waals surface area contributed by atoms with Gasteiger partial charge in [0, 0.05) is 24.1 Å². The number of phenolic OH excluding ortho intramolecular Hbond substituents is 1. The number of rotatable bonds is 3. The van der Waals surface area contributed by atoms with Crippen LogP contribution in [0.3, 0.4) is 0 Å². The second-order valence-corrected chi connectivity index (χ2v) is 3.83. The van der Waals surface area contributed by atoms with E-state index < -0.39 is 0 Å². The summed E-state index contributed by atoms with van der Waals surface area (Å²) in [5, 5.41) is 16.2. The summed E-state index contributed by atoms with van der Waals surface area (Å²) < 4.78 is 1.51. The molecular formula is C11H10ClN3O2. The first-order valence-electron chi connectivity index (χ1n) is 4.91. The predicted octanol–water partition coefficient (Wildman–Crippen LogP) is 1.88. The first-order valence-corrected chi connectivity index (χ1v) is 5.29. The second kappa shape index (κ2) is 4.88. The zero-order valence-corrected chi connectivity index (χ0v) is 9.55. The Kier molecular flexibility index (Phi) is 3.30. The third-order valence-corrected chi connectivity index (χ3v) is 2.41. The van der Waals surface area contributed by atoms with Crippen LogP contribution >= 0.6 is 11.6 Å². The number of nitrogens with zero attached hydrogens (tertiary/aromatic N) is 2. The van der Waals surface area contributed by atoms with Crippen LogP contribution in [0.15, 0.2) is 36.7 Å². The van der Waals surface area contributed by atoms with Crippen LogP contribution < -0.4 is 5.32 Å². The fourth-order valence-electron chi connectivity index (χ4n) is 1.33. The van der Waals surface area contributed by atoms with Gasteiger partial charge in [-0.15, -0.1) is 0 Å². The highest BCUT2D eigenvalue weighted by Crippen LogP contribution is 2.26. The molecule has 0 aliphatic heterocycles. The summed E-state index contributed by atoms with van der Waals surface area (Å²) in [5.74, 6) is -0.293. The number of aromatic hydroxyl groups is 1. The van der Waals surface area contributed by atoms with Crippen molar-refractivity contribution in [3.8, 4) is 5.75 Å². The molecule has 0 radical (unpaired) electrons. The van der Waals surface area contributed by atoms with Crippen molar-refractivity contribution in [1.82, 2.24) is 9.78 Å². The molecule has 0 aliphatic rings. The number of anilines is 1. The molecule has 1 aromatic heterocycles. The number of halogens is 1. The smallest absolute Gasteiger partial charge is 0.246 e. The van der Waals surface area contributed by atoms with Crippen LogP contribution in [0.25, 0.3) is 0 Å². The average molecular weight is 252 g/mol. The summed E-state index contributed by atoms with van der Waals surface area (Å²) in [5.41, 5.74) is 0.490. The Morgan fingerprint density at radius 3 is 3.00 bits per heavy atom. The van der Waals surface area contributed by atoms with Gasteiger partial charge in [-0.2, -0.15) is 5.10 Å². The maximum Gasteiger partial charge on any atom is 0.246 e. The molecule has 5 nitrogen and oxygen atoms in total. The highest BCUT2D eigenvalue weighted by Gasteiger charge is 2.05. The van der Waals surface area contributed by atoms with E-state index in [9.17, 15) is 9.90 Å². The zero-order chi connectivity index (χ0) is 12.3. The predicted molar refractivity (Wildman–Crippen MR) is 64.0 cm³/mol. The number of carbonyl (C=O) groups excluding carboxylic acids is 1. The number of nitrogens with one attached hydrogen (secondary N) is 1. The Morgan fingerprint density at radius 2 is 2.35 bits per heavy atom. The van der Waals surface area contributed by atoms with Crippen molar-refractivity contribution < 1.29 is 9.90 Å². The van der Waals surface area contributed by atoms with Gasteiger partial charge in [0.15, 0.2) is 0 Å². The molecule has 0 atom stereocenters. The monoisotopic (exact) mass is 251 g/mol. The van der Waals surface area contributed by atoms with Gasteiger partial charge in [-0.1, -0.05) is 11.6 Å². The molecule has 1 amide bonds. The molecule has 0 fully saturated rings. The number of amides is 1. The summed E-state index contributed by atoms with van der Waals surface area (Å²) in [6.07, 6.45) is 3.29. The van der Waals surface area contributed by atoms with Gasteiger partial charge in [0.1, 0.15) is 12.3 Å². The second-order valence-electron chi connectivity index (χ2n) is 3.42. The van der Waals surface area contributed by atoms with Crippen LogP contribution in [-0.2, 0) is 11.3 Å². The summed E-state index contributed by atoms with van der Waals surface area (Å²) in [6.45, 7) is 0.121. The molecule has 2 rings (SSSR count). The Labute approximate surface area is 103 Å². The summed E-state index contributed by atoms with van der Waals surface area (Å²) >= 11 is 5.66. The molecule has 1 heterocycles. The maximum absolute atomic E-state index is 11.6. The van der Waals surface area contributed by atoms with Crippen LogP contribution in [0.2, 0.25) is 5.02 Å². The molecular weight excluding hydrogens is 242 g/mol. The largest absolute Gasteiger partial charge is 0.506 e. The van der Waals surface area contributed by atoms with Crippen molar-refractivity contribution in [2.24, 2.45) is 0 Å². The van der Waals surface area contributed by atoms with E-state index in [1.807, 2.05) is 0 Å². The number of phenols is 1. The highest BCUT2D eigenvalue weighted by molar-refractivity contribution is 6.32. The first-order chi connectivity index (χ1) is 8.15. The van der Waals surface area contributed by atoms with Crippen molar-refractivity contribution >= 4 is 23.2 Å². The summed E-state index contributed by atoms with van der Waals surface area (Å²) in [7, 11) is 0. The number of hydrogen-bond acceptors (Lipinski definition) is 3. The van der Waals surface area contributed by atoms with Gasteiger partial charge in [0.2, 0.25) is 5.91 Å². The van der Waals surface area contributed by atoms with Crippen LogP contribution in [0, 0.1) is 0 Å². The average Bonchev–Trinajstić information content (AvgIpc) is 2.76. The number of benzene rings is 1. The molecule has 0 saturated carbocycles. The third kappa shape index (κ3) is 2.98. The van der Waals surface area contributed by atoms with Gasteiger partial charge in [-0.05, 0) is 18.2 Å². The lowest BCUT2D eigenvalue weighted by atomic mass is 10.3. The minimum Gasteiger partial charge on any atom is -0.506 e. The molecule has 2 aromatic rings. The molecule has 0 bridgehead atoms. The Balaban J connectivity index is 2.00. The lowest BCUT2D eigenvalue weighted by Crippen LogP contribution is -2.18. The molecule has 0 saturated heterocycles. The van der Waals surface area contributed by atoms with Crippen molar-refractivity contribution in [3.63, 3.8) is 0 Å². The van der Waals surface area contributed by atoms with E-state index in [0.29, 0.717) is 5.69 Å². The van der Waals surface area contributed by atoms with E-state index in [2.05, 4.69) is 10.4 Å². The third-order valence-electron chi connectivity index (χ3n) is 2.09. The van der Waals surface area contributed by atoms with Crippen molar-refractivity contribution in [2.45, 2.75) is 6.54 Å². The Bertz CT molecular complexity index is 526. The van der Waals surface area contributed by atoms with Gasteiger partial charge in [0.05, 0.1) is 5.02 Å². The van der Waals surface area contributed by atoms with Gasteiger partial charge in [-0.25, -0.2) is 0 Å². The lowest BCUT2D eigenvalue weighted by Gasteiger charge is -2.06. The number of carbonyl (C=O) groups is 1. The minimum absolute atomic E-state index is 0.0662. The maximum atomic E-state index is 11.6. The fourth-order valence-corrected chi connectivity index (χ4v) is 1.45. The van der Waals surface area contributed by atoms with Crippen LogP contribution in [-0.4, -0.2) is 20.8 Å². The molecule has 88 valence electrons. The van der Waals surface area contributed by atoms with Gasteiger partial charge >= 0.3 is 0 Å². The highest BCUT2D eigenvalue weighted by atomic mass is 35.5. The quantitative estimate of drug-likeness (QED) is 0.875. The minimum atomic E-state index is -0.226. The van der Waals surface area contributed by atoms with Gasteiger partial charge in [-0.3, -0.25) is 9.48 Å². The van der Waals surface area contributed by atoms with E-state index >= 15 is 0 Å². The molecule has 1 aromatic carbocycles. The number of aromatic nitrogens is 2. The lowest BCUT2D eigenvalue weighted by molar-refractivity contribution is -0.116. The fraction of sp³-hybridized carbons (Fsp3) is 0.0909. The zero-order valence-electron chi connectivity index (χ0n) is 8.80.